The predicted molar refractivity (Wildman–Crippen MR) is 89.0 cm³/mol. The number of aromatic nitrogens is 1. The Labute approximate surface area is 129 Å². The minimum absolute atomic E-state index is 0.0430. The van der Waals surface area contributed by atoms with Gasteiger partial charge in [0.25, 0.3) is 0 Å². The van der Waals surface area contributed by atoms with Gasteiger partial charge in [-0.15, -0.1) is 0 Å². The van der Waals surface area contributed by atoms with E-state index in [9.17, 15) is 5.11 Å². The number of nitrogens with zero attached hydrogens (tertiary/aromatic N) is 3. The number of pyridine rings is 1. The molecule has 1 aliphatic heterocycles. The van der Waals surface area contributed by atoms with E-state index in [0.29, 0.717) is 17.4 Å². The van der Waals surface area contributed by atoms with Crippen molar-refractivity contribution >= 4 is 28.4 Å². The molecule has 0 fully saturated rings. The van der Waals surface area contributed by atoms with E-state index in [4.69, 9.17) is 4.74 Å². The second kappa shape index (κ2) is 5.75. The van der Waals surface area contributed by atoms with Crippen LogP contribution in [0.25, 0.3) is 10.8 Å². The van der Waals surface area contributed by atoms with Crippen LogP contribution in [0.15, 0.2) is 28.3 Å². The van der Waals surface area contributed by atoms with E-state index in [-0.39, 0.29) is 5.75 Å². The summed E-state index contributed by atoms with van der Waals surface area (Å²) in [5.41, 5.74) is 2.03. The Bertz CT molecular complexity index is 781. The van der Waals surface area contributed by atoms with Gasteiger partial charge in [-0.3, -0.25) is 9.98 Å². The summed E-state index contributed by atoms with van der Waals surface area (Å²) in [6, 6.07) is 3.68. The summed E-state index contributed by atoms with van der Waals surface area (Å²) >= 11 is 0. The summed E-state index contributed by atoms with van der Waals surface area (Å²) in [6.07, 6.45) is 4.50. The standard InChI is InChI=1S/C17H19N3O2/c1-4-10(2)8-19-12-9-20-16-14-11(5-6-18-15(12)14)7-13(22-3)17(16)21/h5-7,9-10,21H,4,8H2,1-3H3. The van der Waals surface area contributed by atoms with Crippen LogP contribution in [0.3, 0.4) is 0 Å². The second-order valence-corrected chi connectivity index (χ2v) is 5.53. The molecule has 1 aromatic carbocycles. The van der Waals surface area contributed by atoms with Crippen molar-refractivity contribution in [3.8, 4) is 11.5 Å². The predicted octanol–water partition coefficient (Wildman–Crippen LogP) is 3.50. The van der Waals surface area contributed by atoms with Crippen LogP contribution in [0.5, 0.6) is 11.5 Å². The van der Waals surface area contributed by atoms with Gasteiger partial charge < -0.3 is 9.84 Å². The third kappa shape index (κ3) is 2.32. The molecule has 0 radical (unpaired) electrons. The molecule has 1 unspecified atom stereocenters. The van der Waals surface area contributed by atoms with Crippen LogP contribution in [0.2, 0.25) is 0 Å². The molecule has 5 nitrogen and oxygen atoms in total. The van der Waals surface area contributed by atoms with Gasteiger partial charge in [-0.25, -0.2) is 4.99 Å². The number of hydrogen-bond donors (Lipinski definition) is 1. The third-order valence-corrected chi connectivity index (χ3v) is 4.01. The molecule has 0 aliphatic carbocycles. The molecule has 2 aromatic rings. The number of benzene rings is 1. The lowest BCUT2D eigenvalue weighted by molar-refractivity contribution is 0.375. The molecular weight excluding hydrogens is 278 g/mol. The zero-order chi connectivity index (χ0) is 15.7. The summed E-state index contributed by atoms with van der Waals surface area (Å²) < 4.78 is 5.21. The molecule has 0 amide bonds. The normalized spacial score (nSPS) is 16.2. The number of aromatic hydroxyl groups is 1. The van der Waals surface area contributed by atoms with Crippen molar-refractivity contribution in [3.05, 3.63) is 24.0 Å². The fraction of sp³-hybridized carbons (Fsp3) is 0.353. The van der Waals surface area contributed by atoms with E-state index >= 15 is 0 Å². The highest BCUT2D eigenvalue weighted by Crippen LogP contribution is 2.44. The van der Waals surface area contributed by atoms with Crippen molar-refractivity contribution in [3.63, 3.8) is 0 Å². The van der Waals surface area contributed by atoms with Gasteiger partial charge >= 0.3 is 0 Å². The molecule has 0 saturated carbocycles. The van der Waals surface area contributed by atoms with Crippen molar-refractivity contribution in [1.82, 2.24) is 4.98 Å². The molecule has 2 heterocycles. The first-order chi connectivity index (χ1) is 10.7. The molecule has 22 heavy (non-hydrogen) atoms. The van der Waals surface area contributed by atoms with Crippen LogP contribution in [0.1, 0.15) is 26.0 Å². The minimum atomic E-state index is 0.0430. The van der Waals surface area contributed by atoms with Gasteiger partial charge in [0, 0.05) is 18.1 Å². The van der Waals surface area contributed by atoms with E-state index in [2.05, 4.69) is 28.8 Å². The highest BCUT2D eigenvalue weighted by Gasteiger charge is 2.21. The van der Waals surface area contributed by atoms with Crippen molar-refractivity contribution in [2.75, 3.05) is 13.7 Å². The smallest absolute Gasteiger partial charge is 0.184 e. The average Bonchev–Trinajstić information content (AvgIpc) is 2.56. The first-order valence-corrected chi connectivity index (χ1v) is 7.43. The van der Waals surface area contributed by atoms with Gasteiger partial charge in [0.15, 0.2) is 11.5 Å². The number of hydrogen-bond acceptors (Lipinski definition) is 5. The zero-order valence-corrected chi connectivity index (χ0v) is 13.0. The molecule has 3 rings (SSSR count). The molecule has 1 aliphatic rings. The summed E-state index contributed by atoms with van der Waals surface area (Å²) in [5, 5.41) is 12.0. The Balaban J connectivity index is 2.17. The molecule has 1 atom stereocenters. The number of methoxy groups -OCH3 is 1. The van der Waals surface area contributed by atoms with Crippen LogP contribution in [0, 0.1) is 5.92 Å². The number of phenols is 1. The van der Waals surface area contributed by atoms with Crippen LogP contribution in [-0.4, -0.2) is 35.7 Å². The maximum Gasteiger partial charge on any atom is 0.184 e. The van der Waals surface area contributed by atoms with Gasteiger partial charge in [0.2, 0.25) is 0 Å². The van der Waals surface area contributed by atoms with E-state index in [1.807, 2.05) is 6.07 Å². The molecule has 1 aromatic heterocycles. The van der Waals surface area contributed by atoms with Crippen LogP contribution in [-0.2, 0) is 0 Å². The lowest BCUT2D eigenvalue weighted by Crippen LogP contribution is -2.12. The first-order valence-electron chi connectivity index (χ1n) is 7.43. The second-order valence-electron chi connectivity index (χ2n) is 5.53. The summed E-state index contributed by atoms with van der Waals surface area (Å²) in [7, 11) is 1.53. The monoisotopic (exact) mass is 297 g/mol. The fourth-order valence-corrected chi connectivity index (χ4v) is 2.45. The summed E-state index contributed by atoms with van der Waals surface area (Å²) in [5.74, 6) is 0.976. The van der Waals surface area contributed by atoms with Crippen molar-refractivity contribution in [2.24, 2.45) is 15.9 Å². The Morgan fingerprint density at radius 3 is 2.95 bits per heavy atom. The lowest BCUT2D eigenvalue weighted by Gasteiger charge is -2.16. The van der Waals surface area contributed by atoms with Crippen molar-refractivity contribution in [2.45, 2.75) is 20.3 Å². The summed E-state index contributed by atoms with van der Waals surface area (Å²) in [4.78, 5) is 13.5. The highest BCUT2D eigenvalue weighted by molar-refractivity contribution is 6.43. The van der Waals surface area contributed by atoms with Gasteiger partial charge in [0.1, 0.15) is 11.4 Å². The van der Waals surface area contributed by atoms with E-state index in [1.165, 1.54) is 7.11 Å². The van der Waals surface area contributed by atoms with E-state index in [0.717, 1.165) is 35.1 Å². The van der Waals surface area contributed by atoms with Crippen LogP contribution in [0.4, 0.5) is 5.69 Å². The van der Waals surface area contributed by atoms with Gasteiger partial charge in [-0.2, -0.15) is 0 Å². The number of rotatable bonds is 4. The lowest BCUT2D eigenvalue weighted by atomic mass is 10.0. The highest BCUT2D eigenvalue weighted by atomic mass is 16.5. The largest absolute Gasteiger partial charge is 0.503 e. The Kier molecular flexibility index (Phi) is 3.79. The zero-order valence-electron chi connectivity index (χ0n) is 13.0. The molecule has 1 N–H and O–H groups in total. The van der Waals surface area contributed by atoms with Gasteiger partial charge in [-0.05, 0) is 23.4 Å². The molecule has 0 bridgehead atoms. The van der Waals surface area contributed by atoms with Gasteiger partial charge in [-0.1, -0.05) is 20.3 Å². The van der Waals surface area contributed by atoms with Gasteiger partial charge in [0.05, 0.1) is 19.0 Å². The number of ether oxygens (including phenoxy) is 1. The topological polar surface area (TPSA) is 67.1 Å². The Morgan fingerprint density at radius 2 is 2.23 bits per heavy atom. The molecule has 5 heteroatoms. The van der Waals surface area contributed by atoms with E-state index < -0.39 is 0 Å². The fourth-order valence-electron chi connectivity index (χ4n) is 2.45. The summed E-state index contributed by atoms with van der Waals surface area (Å²) in [6.45, 7) is 5.06. The van der Waals surface area contributed by atoms with Crippen molar-refractivity contribution < 1.29 is 9.84 Å². The maximum absolute atomic E-state index is 10.3. The van der Waals surface area contributed by atoms with Crippen molar-refractivity contribution in [1.29, 1.82) is 0 Å². The SMILES string of the molecule is CCC(C)CN=C1C=Nc2c(O)c(OC)cc3ccnc1c23. The quantitative estimate of drug-likeness (QED) is 0.939. The molecule has 0 saturated heterocycles. The number of aliphatic imine (C=N–C) groups is 2. The minimum Gasteiger partial charge on any atom is -0.503 e. The average molecular weight is 297 g/mol. The van der Waals surface area contributed by atoms with Crippen LogP contribution >= 0.6 is 0 Å². The number of phenolic OH excluding ortho intramolecular Hbond substituents is 1. The molecule has 0 spiro atoms. The Hall–Kier alpha value is -2.43. The third-order valence-electron chi connectivity index (χ3n) is 4.01. The maximum atomic E-state index is 10.3. The van der Waals surface area contributed by atoms with Crippen LogP contribution < -0.4 is 4.74 Å². The Morgan fingerprint density at radius 1 is 1.41 bits per heavy atom. The molecule has 114 valence electrons. The van der Waals surface area contributed by atoms with E-state index in [1.54, 1.807) is 18.5 Å². The first kappa shape index (κ1) is 14.5. The molecular formula is C17H19N3O2.